The Morgan fingerprint density at radius 2 is 2.12 bits per heavy atom. The van der Waals surface area contributed by atoms with Crippen LogP contribution in [0.2, 0.25) is 0 Å². The number of piperidine rings is 1. The van der Waals surface area contributed by atoms with Gasteiger partial charge in [0.25, 0.3) is 5.92 Å². The van der Waals surface area contributed by atoms with Crippen LogP contribution < -0.4 is 10.6 Å². The lowest BCUT2D eigenvalue weighted by molar-refractivity contribution is 0.0951. The van der Waals surface area contributed by atoms with Gasteiger partial charge in [-0.1, -0.05) is 6.92 Å². The molecule has 2 fully saturated rings. The van der Waals surface area contributed by atoms with E-state index >= 15 is 0 Å². The van der Waals surface area contributed by atoms with Crippen LogP contribution in [0.25, 0.3) is 11.2 Å². The maximum Gasteiger partial charge on any atom is 0.330 e. The molecule has 1 saturated heterocycles. The number of aromatic nitrogens is 3. The minimum Gasteiger partial charge on any atom is -0.356 e. The standard InChI is InChI=1S/C17H22F2N4O/c1-11-4-3-7-22(9-11)14-6-5-13-15(20-14)21(2)16(24)23(13)10-12-8-17(12,18)19/h5-6,11-12H,3-4,7-10H2,1-2H3. The zero-order valence-electron chi connectivity index (χ0n) is 14.0. The molecule has 1 aliphatic carbocycles. The van der Waals surface area contributed by atoms with E-state index in [2.05, 4.69) is 16.8 Å². The van der Waals surface area contributed by atoms with E-state index in [0.717, 1.165) is 25.3 Å². The molecule has 1 saturated carbocycles. The second-order valence-corrected chi connectivity index (χ2v) is 7.32. The Morgan fingerprint density at radius 3 is 2.79 bits per heavy atom. The second kappa shape index (κ2) is 5.29. The summed E-state index contributed by atoms with van der Waals surface area (Å²) in [6, 6.07) is 3.75. The number of fused-ring (bicyclic) bond motifs is 1. The molecule has 2 atom stereocenters. The van der Waals surface area contributed by atoms with Crippen LogP contribution in [0.1, 0.15) is 26.2 Å². The van der Waals surface area contributed by atoms with Gasteiger partial charge < -0.3 is 4.90 Å². The van der Waals surface area contributed by atoms with E-state index in [9.17, 15) is 13.6 Å². The molecule has 0 bridgehead atoms. The molecule has 5 nitrogen and oxygen atoms in total. The molecule has 0 amide bonds. The Hall–Kier alpha value is -1.92. The van der Waals surface area contributed by atoms with Gasteiger partial charge in [-0.3, -0.25) is 9.13 Å². The molecule has 2 unspecified atom stereocenters. The number of alkyl halides is 2. The third-order valence-corrected chi connectivity index (χ3v) is 5.31. The normalized spacial score (nSPS) is 26.1. The maximum absolute atomic E-state index is 13.2. The van der Waals surface area contributed by atoms with Gasteiger partial charge in [0.1, 0.15) is 5.82 Å². The first-order valence-electron chi connectivity index (χ1n) is 8.56. The van der Waals surface area contributed by atoms with Crippen molar-refractivity contribution in [1.29, 1.82) is 0 Å². The van der Waals surface area contributed by atoms with Gasteiger partial charge in [-0.25, -0.2) is 18.6 Å². The first-order chi connectivity index (χ1) is 11.4. The largest absolute Gasteiger partial charge is 0.356 e. The van der Waals surface area contributed by atoms with Crippen LogP contribution in [0, 0.1) is 11.8 Å². The third kappa shape index (κ3) is 2.50. The van der Waals surface area contributed by atoms with Crippen molar-refractivity contribution in [2.24, 2.45) is 18.9 Å². The van der Waals surface area contributed by atoms with Gasteiger partial charge in [0.2, 0.25) is 0 Å². The number of nitrogens with zero attached hydrogens (tertiary/aromatic N) is 4. The number of halogens is 2. The van der Waals surface area contributed by atoms with Crippen molar-refractivity contribution in [3.8, 4) is 0 Å². The third-order valence-electron chi connectivity index (χ3n) is 5.31. The fraction of sp³-hybridized carbons (Fsp3) is 0.647. The van der Waals surface area contributed by atoms with Crippen molar-refractivity contribution in [3.05, 3.63) is 22.6 Å². The van der Waals surface area contributed by atoms with Crippen LogP contribution in [0.15, 0.2) is 16.9 Å². The number of hydrogen-bond donors (Lipinski definition) is 0. The summed E-state index contributed by atoms with van der Waals surface area (Å²) < 4.78 is 29.3. The molecular weight excluding hydrogens is 314 g/mol. The van der Waals surface area contributed by atoms with Crippen molar-refractivity contribution in [1.82, 2.24) is 14.1 Å². The van der Waals surface area contributed by atoms with E-state index in [-0.39, 0.29) is 18.7 Å². The SMILES string of the molecule is CC1CCCN(c2ccc3c(n2)n(C)c(=O)n3CC2CC2(F)F)C1. The maximum atomic E-state index is 13.2. The molecule has 2 aliphatic rings. The number of rotatable bonds is 3. The van der Waals surface area contributed by atoms with Crippen molar-refractivity contribution >= 4 is 17.0 Å². The fourth-order valence-electron chi connectivity index (χ4n) is 3.70. The molecule has 2 aromatic rings. The first-order valence-corrected chi connectivity index (χ1v) is 8.56. The van der Waals surface area contributed by atoms with Crippen LogP contribution in [0.3, 0.4) is 0 Å². The monoisotopic (exact) mass is 336 g/mol. The number of imidazole rings is 1. The van der Waals surface area contributed by atoms with Crippen LogP contribution in [0.4, 0.5) is 14.6 Å². The summed E-state index contributed by atoms with van der Waals surface area (Å²) in [4.78, 5) is 19.3. The average molecular weight is 336 g/mol. The van der Waals surface area contributed by atoms with Crippen molar-refractivity contribution in [2.75, 3.05) is 18.0 Å². The summed E-state index contributed by atoms with van der Waals surface area (Å²) in [7, 11) is 1.65. The number of hydrogen-bond acceptors (Lipinski definition) is 3. The summed E-state index contributed by atoms with van der Waals surface area (Å²) in [5, 5.41) is 0. The molecule has 0 N–H and O–H groups in total. The number of pyridine rings is 1. The highest BCUT2D eigenvalue weighted by Gasteiger charge is 2.57. The van der Waals surface area contributed by atoms with Crippen LogP contribution >= 0.6 is 0 Å². The number of aryl methyl sites for hydroxylation is 1. The Labute approximate surface area is 138 Å². The molecule has 3 heterocycles. The second-order valence-electron chi connectivity index (χ2n) is 7.32. The Balaban J connectivity index is 1.70. The smallest absolute Gasteiger partial charge is 0.330 e. The zero-order chi connectivity index (χ0) is 17.1. The molecule has 1 aliphatic heterocycles. The summed E-state index contributed by atoms with van der Waals surface area (Å²) in [5.41, 5.74) is 0.933. The van der Waals surface area contributed by atoms with Gasteiger partial charge in [-0.15, -0.1) is 0 Å². The van der Waals surface area contributed by atoms with E-state index in [0.29, 0.717) is 17.1 Å². The summed E-state index contributed by atoms with van der Waals surface area (Å²) >= 11 is 0. The highest BCUT2D eigenvalue weighted by Crippen LogP contribution is 2.49. The van der Waals surface area contributed by atoms with Crippen LogP contribution in [0.5, 0.6) is 0 Å². The molecule has 7 heteroatoms. The molecule has 0 aromatic carbocycles. The quantitative estimate of drug-likeness (QED) is 0.865. The summed E-state index contributed by atoms with van der Waals surface area (Å²) in [6.07, 6.45) is 2.23. The van der Waals surface area contributed by atoms with Gasteiger partial charge in [-0.05, 0) is 30.9 Å². The Kier molecular flexibility index (Phi) is 3.44. The van der Waals surface area contributed by atoms with E-state index in [1.54, 1.807) is 7.05 Å². The van der Waals surface area contributed by atoms with Gasteiger partial charge in [-0.2, -0.15) is 0 Å². The lowest BCUT2D eigenvalue weighted by atomic mass is 10.0. The minimum atomic E-state index is -2.63. The van der Waals surface area contributed by atoms with Crippen molar-refractivity contribution in [3.63, 3.8) is 0 Å². The molecule has 2 aromatic heterocycles. The van der Waals surface area contributed by atoms with Gasteiger partial charge in [0.15, 0.2) is 5.65 Å². The van der Waals surface area contributed by atoms with Crippen LogP contribution in [-0.2, 0) is 13.6 Å². The highest BCUT2D eigenvalue weighted by atomic mass is 19.3. The van der Waals surface area contributed by atoms with E-state index in [1.165, 1.54) is 15.6 Å². The molecule has 0 radical (unpaired) electrons. The molecular formula is C17H22F2N4O. The topological polar surface area (TPSA) is 43.1 Å². The highest BCUT2D eigenvalue weighted by molar-refractivity contribution is 5.74. The molecule has 24 heavy (non-hydrogen) atoms. The summed E-state index contributed by atoms with van der Waals surface area (Å²) in [5.74, 6) is -1.87. The lowest BCUT2D eigenvalue weighted by Gasteiger charge is -2.31. The Morgan fingerprint density at radius 1 is 1.38 bits per heavy atom. The van der Waals surface area contributed by atoms with Crippen LogP contribution in [-0.4, -0.2) is 33.1 Å². The lowest BCUT2D eigenvalue weighted by Crippen LogP contribution is -2.34. The zero-order valence-corrected chi connectivity index (χ0v) is 14.0. The molecule has 130 valence electrons. The minimum absolute atomic E-state index is 0.0605. The van der Waals surface area contributed by atoms with E-state index < -0.39 is 11.8 Å². The number of anilines is 1. The van der Waals surface area contributed by atoms with Gasteiger partial charge >= 0.3 is 5.69 Å². The van der Waals surface area contributed by atoms with E-state index in [1.807, 2.05) is 12.1 Å². The first kappa shape index (κ1) is 15.6. The molecule has 4 rings (SSSR count). The summed E-state index contributed by atoms with van der Waals surface area (Å²) in [6.45, 7) is 4.21. The van der Waals surface area contributed by atoms with Gasteiger partial charge in [0, 0.05) is 39.0 Å². The molecule has 0 spiro atoms. The predicted molar refractivity (Wildman–Crippen MR) is 88.6 cm³/mol. The fourth-order valence-corrected chi connectivity index (χ4v) is 3.70. The van der Waals surface area contributed by atoms with Crippen molar-refractivity contribution in [2.45, 2.75) is 38.7 Å². The Bertz CT molecular complexity index is 841. The van der Waals surface area contributed by atoms with E-state index in [4.69, 9.17) is 0 Å². The van der Waals surface area contributed by atoms with Gasteiger partial charge in [0.05, 0.1) is 5.52 Å². The average Bonchev–Trinajstić information content (AvgIpc) is 3.09. The predicted octanol–water partition coefficient (Wildman–Crippen LogP) is 2.63. The van der Waals surface area contributed by atoms with Crippen molar-refractivity contribution < 1.29 is 8.78 Å².